The van der Waals surface area contributed by atoms with Gasteiger partial charge in [-0.1, -0.05) is 34.6 Å². The van der Waals surface area contributed by atoms with Gasteiger partial charge in [0.2, 0.25) is 5.71 Å². The van der Waals surface area contributed by atoms with E-state index >= 15 is 0 Å². The normalized spacial score (nSPS) is 23.0. The summed E-state index contributed by atoms with van der Waals surface area (Å²) in [5.41, 5.74) is 3.03. The Bertz CT molecular complexity index is 1280. The molecule has 5 rings (SSSR count). The van der Waals surface area contributed by atoms with E-state index in [0.717, 1.165) is 35.5 Å². The number of ketones is 1. The van der Waals surface area contributed by atoms with Crippen LogP contribution in [0.2, 0.25) is 18.1 Å². The van der Waals surface area contributed by atoms with Crippen molar-refractivity contribution in [3.8, 4) is 0 Å². The maximum atomic E-state index is 13.3. The molecule has 1 aliphatic heterocycles. The van der Waals surface area contributed by atoms with E-state index in [9.17, 15) is 4.79 Å². The Morgan fingerprint density at radius 1 is 1.14 bits per heavy atom. The summed E-state index contributed by atoms with van der Waals surface area (Å²) in [6.45, 7) is 18.0. The molecule has 4 heterocycles. The molecular weight excluding hydrogens is 478 g/mol. The lowest BCUT2D eigenvalue weighted by Crippen LogP contribution is -2.54. The van der Waals surface area contributed by atoms with Gasteiger partial charge in [0.15, 0.2) is 14.1 Å². The quantitative estimate of drug-likeness (QED) is 0.247. The highest BCUT2D eigenvalue weighted by molar-refractivity contribution is 6.74. The second-order valence-electron chi connectivity index (χ2n) is 12.8. The number of carbonyl (C=O) groups is 1. The zero-order valence-electron chi connectivity index (χ0n) is 23.4. The van der Waals surface area contributed by atoms with Crippen molar-refractivity contribution in [3.05, 3.63) is 53.7 Å². The Morgan fingerprint density at radius 2 is 1.84 bits per heavy atom. The number of piperidine rings is 1. The molecule has 3 aromatic rings. The zero-order valence-corrected chi connectivity index (χ0v) is 24.4. The van der Waals surface area contributed by atoms with Gasteiger partial charge in [-0.25, -0.2) is 4.98 Å². The van der Waals surface area contributed by atoms with Gasteiger partial charge in [-0.3, -0.25) is 9.78 Å². The van der Waals surface area contributed by atoms with Gasteiger partial charge in [-0.2, -0.15) is 0 Å². The minimum absolute atomic E-state index is 0.0160. The maximum absolute atomic E-state index is 13.3. The Labute approximate surface area is 222 Å². The average molecular weight is 520 g/mol. The summed E-state index contributed by atoms with van der Waals surface area (Å²) in [6.07, 6.45) is 6.51. The Kier molecular flexibility index (Phi) is 6.82. The third-order valence-electron chi connectivity index (χ3n) is 8.61. The number of furan rings is 1. The molecule has 0 spiro atoms. The number of nitrogens with zero attached hydrogens (tertiary/aromatic N) is 3. The Morgan fingerprint density at radius 3 is 2.49 bits per heavy atom. The molecule has 37 heavy (non-hydrogen) atoms. The summed E-state index contributed by atoms with van der Waals surface area (Å²) in [6, 6.07) is 7.88. The first kappa shape index (κ1) is 26.1. The minimum atomic E-state index is -1.86. The monoisotopic (exact) mass is 519 g/mol. The van der Waals surface area contributed by atoms with Crippen LogP contribution >= 0.6 is 0 Å². The van der Waals surface area contributed by atoms with Gasteiger partial charge >= 0.3 is 0 Å². The van der Waals surface area contributed by atoms with Crippen molar-refractivity contribution < 1.29 is 13.6 Å². The predicted molar refractivity (Wildman–Crippen MR) is 151 cm³/mol. The standard InChI is InChI=1S/C30H41N3O3Si/c1-19-17-33(18-20(2)28(19)36-37(6,7)30(3,4)5)25-12-13-31-16-23(25)14-26(34)24-11-10-22-15-27(21-8-9-21)35-29(22)32-24/h10-13,15-16,19-21,28H,8-9,14,17-18H2,1-7H3/t19-,20+,28?. The van der Waals surface area contributed by atoms with Crippen LogP contribution in [-0.2, 0) is 10.8 Å². The summed E-state index contributed by atoms with van der Waals surface area (Å²) in [7, 11) is -1.86. The van der Waals surface area contributed by atoms with Crippen molar-refractivity contribution >= 4 is 30.9 Å². The highest BCUT2D eigenvalue weighted by Gasteiger charge is 2.43. The largest absolute Gasteiger partial charge is 0.442 e. The Hall–Kier alpha value is -2.51. The molecule has 2 aliphatic rings. The van der Waals surface area contributed by atoms with Crippen LogP contribution in [0, 0.1) is 11.8 Å². The molecule has 1 saturated carbocycles. The fourth-order valence-electron chi connectivity index (χ4n) is 5.27. The lowest BCUT2D eigenvalue weighted by molar-refractivity contribution is 0.0627. The molecule has 198 valence electrons. The van der Waals surface area contributed by atoms with Gasteiger partial charge in [0.1, 0.15) is 11.5 Å². The van der Waals surface area contributed by atoms with E-state index in [2.05, 4.69) is 68.6 Å². The molecular formula is C30H41N3O3Si. The van der Waals surface area contributed by atoms with Crippen molar-refractivity contribution in [3.63, 3.8) is 0 Å². The highest BCUT2D eigenvalue weighted by atomic mass is 28.4. The molecule has 7 heteroatoms. The van der Waals surface area contributed by atoms with Crippen molar-refractivity contribution in [2.45, 2.75) is 84.0 Å². The number of carbonyl (C=O) groups excluding carboxylic acids is 1. The summed E-state index contributed by atoms with van der Waals surface area (Å²) >= 11 is 0. The number of hydrogen-bond acceptors (Lipinski definition) is 6. The predicted octanol–water partition coefficient (Wildman–Crippen LogP) is 7.01. The molecule has 3 atom stereocenters. The fraction of sp³-hybridized carbons (Fsp3) is 0.567. The van der Waals surface area contributed by atoms with Crippen LogP contribution in [0.5, 0.6) is 0 Å². The number of anilines is 1. The van der Waals surface area contributed by atoms with E-state index in [0.29, 0.717) is 29.2 Å². The van der Waals surface area contributed by atoms with E-state index in [1.165, 1.54) is 12.8 Å². The molecule has 1 unspecified atom stereocenters. The minimum Gasteiger partial charge on any atom is -0.442 e. The smallest absolute Gasteiger partial charge is 0.226 e. The second-order valence-corrected chi connectivity index (χ2v) is 17.6. The lowest BCUT2D eigenvalue weighted by atomic mass is 9.87. The third kappa shape index (κ3) is 5.39. The molecule has 0 aromatic carbocycles. The molecule has 0 bridgehead atoms. The van der Waals surface area contributed by atoms with Crippen molar-refractivity contribution in [2.24, 2.45) is 11.8 Å². The van der Waals surface area contributed by atoms with Crippen molar-refractivity contribution in [1.82, 2.24) is 9.97 Å². The molecule has 1 aliphatic carbocycles. The fourth-order valence-corrected chi connectivity index (χ4v) is 6.77. The van der Waals surface area contributed by atoms with Gasteiger partial charge in [0, 0.05) is 54.5 Å². The lowest BCUT2D eigenvalue weighted by Gasteiger charge is -2.48. The van der Waals surface area contributed by atoms with E-state index in [-0.39, 0.29) is 23.3 Å². The summed E-state index contributed by atoms with van der Waals surface area (Å²) in [5, 5.41) is 1.15. The Balaban J connectivity index is 1.31. The first-order chi connectivity index (χ1) is 17.4. The molecule has 1 saturated heterocycles. The summed E-state index contributed by atoms with van der Waals surface area (Å²) in [5.74, 6) is 2.27. The SMILES string of the molecule is C[C@@H]1CN(c2ccncc2CC(=O)c2ccc3cc(C4CC4)oc3n2)C[C@H](C)C1O[Si](C)(C)C(C)(C)C. The molecule has 3 aromatic heterocycles. The van der Waals surface area contributed by atoms with Gasteiger partial charge in [-0.05, 0) is 67.1 Å². The molecule has 2 fully saturated rings. The van der Waals surface area contributed by atoms with Crippen LogP contribution in [0.4, 0.5) is 5.69 Å². The van der Waals surface area contributed by atoms with Gasteiger partial charge in [0.05, 0.1) is 6.10 Å². The molecule has 0 radical (unpaired) electrons. The third-order valence-corrected chi connectivity index (χ3v) is 13.1. The number of hydrogen-bond donors (Lipinski definition) is 0. The van der Waals surface area contributed by atoms with Crippen molar-refractivity contribution in [2.75, 3.05) is 18.0 Å². The summed E-state index contributed by atoms with van der Waals surface area (Å²) < 4.78 is 12.8. The number of pyridine rings is 2. The van der Waals surface area contributed by atoms with E-state index in [1.54, 1.807) is 0 Å². The van der Waals surface area contributed by atoms with Crippen LogP contribution in [0.3, 0.4) is 0 Å². The second kappa shape index (κ2) is 9.66. The first-order valence-electron chi connectivity index (χ1n) is 13.7. The highest BCUT2D eigenvalue weighted by Crippen LogP contribution is 2.42. The van der Waals surface area contributed by atoms with Crippen LogP contribution < -0.4 is 4.90 Å². The van der Waals surface area contributed by atoms with Crippen LogP contribution in [-0.4, -0.2) is 43.3 Å². The number of fused-ring (bicyclic) bond motifs is 1. The summed E-state index contributed by atoms with van der Waals surface area (Å²) in [4.78, 5) is 24.7. The molecule has 6 nitrogen and oxygen atoms in total. The van der Waals surface area contributed by atoms with E-state index < -0.39 is 8.32 Å². The van der Waals surface area contributed by atoms with Gasteiger partial charge in [-0.15, -0.1) is 0 Å². The van der Waals surface area contributed by atoms with Gasteiger partial charge in [0.25, 0.3) is 0 Å². The van der Waals surface area contributed by atoms with Crippen molar-refractivity contribution in [1.29, 1.82) is 0 Å². The zero-order chi connectivity index (χ0) is 26.5. The molecule has 0 amide bonds. The number of rotatable bonds is 7. The van der Waals surface area contributed by atoms with E-state index in [1.807, 2.05) is 30.6 Å². The van der Waals surface area contributed by atoms with Crippen LogP contribution in [0.15, 0.2) is 41.1 Å². The van der Waals surface area contributed by atoms with E-state index in [4.69, 9.17) is 8.84 Å². The van der Waals surface area contributed by atoms with Crippen LogP contribution in [0.25, 0.3) is 11.1 Å². The van der Waals surface area contributed by atoms with Crippen LogP contribution in [0.1, 0.15) is 75.2 Å². The van der Waals surface area contributed by atoms with Gasteiger partial charge < -0.3 is 13.7 Å². The molecule has 0 N–H and O–H groups in total. The average Bonchev–Trinajstić information content (AvgIpc) is 3.59. The topological polar surface area (TPSA) is 68.5 Å². The maximum Gasteiger partial charge on any atom is 0.226 e. The number of Topliss-reactive ketones (excluding diaryl/α,β-unsaturated/α-hetero) is 1. The first-order valence-corrected chi connectivity index (χ1v) is 16.6. The number of aromatic nitrogens is 2.